The second kappa shape index (κ2) is 14.8. The van der Waals surface area contributed by atoms with Crippen LogP contribution in [0.3, 0.4) is 0 Å². The summed E-state index contributed by atoms with van der Waals surface area (Å²) in [6.45, 7) is 1.68. The molecule has 0 unspecified atom stereocenters. The van der Waals surface area contributed by atoms with Gasteiger partial charge < -0.3 is 28.8 Å². The van der Waals surface area contributed by atoms with Gasteiger partial charge in [0.1, 0.15) is 13.2 Å². The van der Waals surface area contributed by atoms with Crippen molar-refractivity contribution in [1.29, 1.82) is 0 Å². The number of rotatable bonds is 16. The molecule has 0 aromatic heterocycles. The third-order valence-electron chi connectivity index (χ3n) is 3.02. The number of esters is 1. The van der Waals surface area contributed by atoms with Gasteiger partial charge in [0, 0.05) is 5.56 Å². The molecule has 0 amide bonds. The molecule has 0 saturated heterocycles. The van der Waals surface area contributed by atoms with E-state index in [0.717, 1.165) is 0 Å². The van der Waals surface area contributed by atoms with Crippen molar-refractivity contribution in [2.24, 2.45) is 0 Å². The van der Waals surface area contributed by atoms with E-state index >= 15 is 0 Å². The minimum atomic E-state index is -1.02. The molecular weight excluding hydrogens is 360 g/mol. The van der Waals surface area contributed by atoms with Crippen molar-refractivity contribution >= 4 is 17.7 Å². The molecule has 0 aliphatic heterocycles. The summed E-state index contributed by atoms with van der Waals surface area (Å²) in [5.41, 5.74) is 0.285. The summed E-state index contributed by atoms with van der Waals surface area (Å²) in [6, 6.07) is 8.18. The Labute approximate surface area is 157 Å². The minimum absolute atomic E-state index is 0.0170. The van der Waals surface area contributed by atoms with Gasteiger partial charge in [0.2, 0.25) is 0 Å². The van der Waals surface area contributed by atoms with Crippen molar-refractivity contribution in [3.05, 3.63) is 35.9 Å². The predicted octanol–water partition coefficient (Wildman–Crippen LogP) is 0.564. The fourth-order valence-electron chi connectivity index (χ4n) is 1.79. The van der Waals surface area contributed by atoms with Gasteiger partial charge in [0.25, 0.3) is 5.78 Å². The smallest absolute Gasteiger partial charge is 0.379 e. The SMILES string of the molecule is O=C(O)COCCOCCOCCOCCOC(=O)C(=O)c1ccccc1. The Morgan fingerprint density at radius 3 is 1.70 bits per heavy atom. The highest BCUT2D eigenvalue weighted by Crippen LogP contribution is 2.01. The molecule has 1 rings (SSSR count). The predicted molar refractivity (Wildman–Crippen MR) is 92.6 cm³/mol. The number of carbonyl (C=O) groups excluding carboxylic acids is 2. The Morgan fingerprint density at radius 1 is 0.704 bits per heavy atom. The number of carboxylic acid groups (broad SMARTS) is 1. The average Bonchev–Trinajstić information content (AvgIpc) is 2.67. The summed E-state index contributed by atoms with van der Waals surface area (Å²) in [5, 5.41) is 8.35. The fourth-order valence-corrected chi connectivity index (χ4v) is 1.79. The lowest BCUT2D eigenvalue weighted by Crippen LogP contribution is -2.20. The fraction of sp³-hybridized carbons (Fsp3) is 0.500. The molecule has 9 heteroatoms. The second-order valence-electron chi connectivity index (χ2n) is 5.11. The number of carbonyl (C=O) groups is 3. The van der Waals surface area contributed by atoms with Gasteiger partial charge in [0.15, 0.2) is 0 Å². The Morgan fingerprint density at radius 2 is 1.19 bits per heavy atom. The van der Waals surface area contributed by atoms with Gasteiger partial charge in [-0.25, -0.2) is 9.59 Å². The van der Waals surface area contributed by atoms with Gasteiger partial charge in [0.05, 0.1) is 46.2 Å². The molecule has 9 nitrogen and oxygen atoms in total. The second-order valence-corrected chi connectivity index (χ2v) is 5.11. The lowest BCUT2D eigenvalue weighted by Gasteiger charge is -2.07. The highest BCUT2D eigenvalue weighted by atomic mass is 16.6. The monoisotopic (exact) mass is 384 g/mol. The van der Waals surface area contributed by atoms with E-state index in [9.17, 15) is 14.4 Å². The summed E-state index contributed by atoms with van der Waals surface area (Å²) in [6.07, 6.45) is 0. The van der Waals surface area contributed by atoms with E-state index in [1.165, 1.54) is 0 Å². The Hall–Kier alpha value is -2.33. The summed E-state index contributed by atoms with van der Waals surface area (Å²) in [5.74, 6) is -2.62. The zero-order chi connectivity index (χ0) is 19.7. The highest BCUT2D eigenvalue weighted by molar-refractivity contribution is 6.40. The van der Waals surface area contributed by atoms with Crippen molar-refractivity contribution in [3.8, 4) is 0 Å². The first kappa shape index (κ1) is 22.7. The maximum absolute atomic E-state index is 11.7. The first-order valence-electron chi connectivity index (χ1n) is 8.40. The van der Waals surface area contributed by atoms with Crippen LogP contribution in [0.1, 0.15) is 10.4 Å². The van der Waals surface area contributed by atoms with Gasteiger partial charge in [-0.15, -0.1) is 0 Å². The quantitative estimate of drug-likeness (QED) is 0.189. The summed E-state index contributed by atoms with van der Waals surface area (Å²) < 4.78 is 25.3. The number of hydrogen-bond donors (Lipinski definition) is 1. The molecule has 0 atom stereocenters. The van der Waals surface area contributed by atoms with E-state index in [1.54, 1.807) is 30.3 Å². The first-order valence-corrected chi connectivity index (χ1v) is 8.40. The van der Waals surface area contributed by atoms with E-state index in [1.807, 2.05) is 0 Å². The number of ether oxygens (including phenoxy) is 5. The lowest BCUT2D eigenvalue weighted by atomic mass is 10.1. The molecule has 0 aliphatic rings. The third kappa shape index (κ3) is 11.8. The number of hydrogen-bond acceptors (Lipinski definition) is 8. The van der Waals surface area contributed by atoms with Gasteiger partial charge >= 0.3 is 11.9 Å². The number of Topliss-reactive ketones (excluding diaryl/α,β-unsaturated/α-hetero) is 1. The van der Waals surface area contributed by atoms with Crippen molar-refractivity contribution < 1.29 is 43.2 Å². The summed E-state index contributed by atoms with van der Waals surface area (Å²) >= 11 is 0. The molecule has 1 aromatic rings. The number of benzene rings is 1. The van der Waals surface area contributed by atoms with E-state index < -0.39 is 17.7 Å². The van der Waals surface area contributed by atoms with Crippen LogP contribution in [0.2, 0.25) is 0 Å². The Bertz CT molecular complexity index is 559. The van der Waals surface area contributed by atoms with Crippen LogP contribution < -0.4 is 0 Å². The number of carboxylic acids is 1. The Balaban J connectivity index is 1.87. The van der Waals surface area contributed by atoms with Crippen molar-refractivity contribution in [1.82, 2.24) is 0 Å². The Kier molecular flexibility index (Phi) is 12.4. The molecule has 1 N–H and O–H groups in total. The van der Waals surface area contributed by atoms with Gasteiger partial charge in [-0.05, 0) is 0 Å². The molecule has 0 bridgehead atoms. The van der Waals surface area contributed by atoms with E-state index in [-0.39, 0.29) is 32.0 Å². The van der Waals surface area contributed by atoms with E-state index in [2.05, 4.69) is 0 Å². The third-order valence-corrected chi connectivity index (χ3v) is 3.02. The maximum atomic E-state index is 11.7. The lowest BCUT2D eigenvalue weighted by molar-refractivity contribution is -0.143. The molecule has 150 valence electrons. The van der Waals surface area contributed by atoms with Gasteiger partial charge in [-0.1, -0.05) is 30.3 Å². The summed E-state index contributed by atoms with van der Waals surface area (Å²) in [7, 11) is 0. The van der Waals surface area contributed by atoms with Crippen LogP contribution in [-0.2, 0) is 33.3 Å². The molecule has 0 aliphatic carbocycles. The largest absolute Gasteiger partial charge is 0.480 e. The van der Waals surface area contributed by atoms with Gasteiger partial charge in [-0.2, -0.15) is 0 Å². The molecule has 27 heavy (non-hydrogen) atoms. The first-order chi connectivity index (χ1) is 13.1. The van der Waals surface area contributed by atoms with Crippen LogP contribution in [0.25, 0.3) is 0 Å². The summed E-state index contributed by atoms with van der Waals surface area (Å²) in [4.78, 5) is 33.5. The van der Waals surface area contributed by atoms with Crippen molar-refractivity contribution in [3.63, 3.8) is 0 Å². The van der Waals surface area contributed by atoms with Crippen LogP contribution in [-0.4, -0.2) is 82.3 Å². The molecule has 0 fully saturated rings. The van der Waals surface area contributed by atoms with Crippen molar-refractivity contribution in [2.75, 3.05) is 59.5 Å². The molecule has 0 heterocycles. The zero-order valence-corrected chi connectivity index (χ0v) is 15.0. The zero-order valence-electron chi connectivity index (χ0n) is 15.0. The van der Waals surface area contributed by atoms with E-state index in [0.29, 0.717) is 33.0 Å². The van der Waals surface area contributed by atoms with Crippen LogP contribution in [0.5, 0.6) is 0 Å². The standard InChI is InChI=1S/C18H24O9/c19-16(20)14-26-11-10-24-7-6-23-8-9-25-12-13-27-18(22)17(21)15-4-2-1-3-5-15/h1-5H,6-14H2,(H,19,20). The molecule has 1 aromatic carbocycles. The molecule has 0 spiro atoms. The highest BCUT2D eigenvalue weighted by Gasteiger charge is 2.16. The number of ketones is 1. The van der Waals surface area contributed by atoms with Crippen molar-refractivity contribution in [2.45, 2.75) is 0 Å². The molecule has 0 radical (unpaired) electrons. The topological polar surface area (TPSA) is 118 Å². The van der Waals surface area contributed by atoms with Crippen LogP contribution in [0.4, 0.5) is 0 Å². The van der Waals surface area contributed by atoms with Crippen LogP contribution in [0.15, 0.2) is 30.3 Å². The van der Waals surface area contributed by atoms with E-state index in [4.69, 9.17) is 28.8 Å². The minimum Gasteiger partial charge on any atom is -0.480 e. The van der Waals surface area contributed by atoms with Crippen LogP contribution >= 0.6 is 0 Å². The normalized spacial score (nSPS) is 10.5. The molecular formula is C18H24O9. The van der Waals surface area contributed by atoms with Crippen LogP contribution in [0, 0.1) is 0 Å². The maximum Gasteiger partial charge on any atom is 0.379 e. The van der Waals surface area contributed by atoms with Gasteiger partial charge in [-0.3, -0.25) is 4.79 Å². The molecule has 0 saturated carbocycles. The average molecular weight is 384 g/mol. The number of aliphatic carboxylic acids is 1.